The highest BCUT2D eigenvalue weighted by Gasteiger charge is 2.33. The van der Waals surface area contributed by atoms with Gasteiger partial charge in [0.25, 0.3) is 0 Å². The van der Waals surface area contributed by atoms with Crippen LogP contribution in [0.1, 0.15) is 66.2 Å². The monoisotopic (exact) mass is 710 g/mol. The molecule has 47 heavy (non-hydrogen) atoms. The van der Waals surface area contributed by atoms with E-state index in [2.05, 4.69) is 5.32 Å². The van der Waals surface area contributed by atoms with Crippen molar-refractivity contribution in [1.29, 1.82) is 0 Å². The molecule has 4 aromatic carbocycles. The van der Waals surface area contributed by atoms with Crippen molar-refractivity contribution in [3.05, 3.63) is 126 Å². The molecule has 0 spiro atoms. The number of halogens is 4. The zero-order chi connectivity index (χ0) is 34.0. The molecule has 2 heterocycles. The summed E-state index contributed by atoms with van der Waals surface area (Å²) in [5, 5.41) is 4.85. The van der Waals surface area contributed by atoms with Crippen molar-refractivity contribution in [1.82, 2.24) is 9.80 Å². The molecule has 2 aliphatic heterocycles. The van der Waals surface area contributed by atoms with Crippen LogP contribution in [0.15, 0.2) is 72.8 Å². The van der Waals surface area contributed by atoms with Gasteiger partial charge in [0.1, 0.15) is 0 Å². The summed E-state index contributed by atoms with van der Waals surface area (Å²) in [7, 11) is 0. The summed E-state index contributed by atoms with van der Waals surface area (Å²) in [6, 6.07) is 21.9. The number of anilines is 2. The lowest BCUT2D eigenvalue weighted by Crippen LogP contribution is -2.29. The number of carbonyl (C=O) groups excluding carboxylic acids is 3. The third kappa shape index (κ3) is 7.39. The molecule has 2 atom stereocenters. The van der Waals surface area contributed by atoms with E-state index in [1.807, 2.05) is 55.1 Å². The number of nitrogens with two attached hydrogens (primary N) is 1. The normalized spacial score (nSPS) is 16.2. The molecule has 4 aromatic rings. The SMILES string of the molecule is CC(=O)Nc1cccc2c1CN(C(=O)Cc1c(Cl)cccc1Cl)C2C.CC1c2cccc(N)c2CN1C(=O)Cc1c(Cl)cccc1Cl. The minimum absolute atomic E-state index is 0.00176. The molecule has 3 N–H and O–H groups in total. The zero-order valence-electron chi connectivity index (χ0n) is 26.1. The fraction of sp³-hybridized carbons (Fsp3) is 0.250. The minimum atomic E-state index is -0.131. The van der Waals surface area contributed by atoms with Gasteiger partial charge in [-0.05, 0) is 78.1 Å². The van der Waals surface area contributed by atoms with E-state index in [1.54, 1.807) is 41.3 Å². The number of hydrogen-bond donors (Lipinski definition) is 2. The Morgan fingerprint density at radius 2 is 1.09 bits per heavy atom. The molecule has 0 saturated carbocycles. The fourth-order valence-electron chi connectivity index (χ4n) is 6.14. The maximum Gasteiger partial charge on any atom is 0.227 e. The number of benzene rings is 4. The predicted molar refractivity (Wildman–Crippen MR) is 190 cm³/mol. The van der Waals surface area contributed by atoms with Crippen LogP contribution in [0.2, 0.25) is 20.1 Å². The van der Waals surface area contributed by atoms with Gasteiger partial charge in [0.15, 0.2) is 0 Å². The second-order valence-electron chi connectivity index (χ2n) is 11.6. The van der Waals surface area contributed by atoms with Crippen LogP contribution in [0.3, 0.4) is 0 Å². The van der Waals surface area contributed by atoms with Crippen molar-refractivity contribution in [3.63, 3.8) is 0 Å². The average molecular weight is 713 g/mol. The lowest BCUT2D eigenvalue weighted by molar-refractivity contribution is -0.133. The number of hydrogen-bond acceptors (Lipinski definition) is 4. The fourth-order valence-corrected chi connectivity index (χ4v) is 7.21. The summed E-state index contributed by atoms with van der Waals surface area (Å²) >= 11 is 24.7. The first-order valence-corrected chi connectivity index (χ1v) is 16.6. The lowest BCUT2D eigenvalue weighted by Gasteiger charge is -2.22. The number of amides is 3. The highest BCUT2D eigenvalue weighted by molar-refractivity contribution is 6.36. The van der Waals surface area contributed by atoms with Gasteiger partial charge in [-0.3, -0.25) is 14.4 Å². The van der Waals surface area contributed by atoms with Crippen LogP contribution in [0, 0.1) is 0 Å². The molecule has 2 unspecified atom stereocenters. The highest BCUT2D eigenvalue weighted by Crippen LogP contribution is 2.39. The molecule has 244 valence electrons. The number of carbonyl (C=O) groups is 3. The van der Waals surface area contributed by atoms with Gasteiger partial charge in [-0.25, -0.2) is 0 Å². The third-order valence-corrected chi connectivity index (χ3v) is 10.1. The van der Waals surface area contributed by atoms with Gasteiger partial charge in [0.2, 0.25) is 17.7 Å². The van der Waals surface area contributed by atoms with Crippen LogP contribution in [-0.4, -0.2) is 27.5 Å². The Morgan fingerprint density at radius 1 is 0.681 bits per heavy atom. The van der Waals surface area contributed by atoms with Gasteiger partial charge in [0.05, 0.1) is 24.9 Å². The van der Waals surface area contributed by atoms with E-state index in [0.717, 1.165) is 33.6 Å². The van der Waals surface area contributed by atoms with Crippen molar-refractivity contribution >= 4 is 75.5 Å². The van der Waals surface area contributed by atoms with Gasteiger partial charge in [-0.2, -0.15) is 0 Å². The molecule has 0 radical (unpaired) electrons. The number of rotatable bonds is 5. The summed E-state index contributed by atoms with van der Waals surface area (Å²) in [4.78, 5) is 40.5. The smallest absolute Gasteiger partial charge is 0.227 e. The second-order valence-corrected chi connectivity index (χ2v) is 13.2. The molecular formula is C36H34Cl4N4O3. The first kappa shape index (κ1) is 34.6. The second kappa shape index (κ2) is 14.6. The van der Waals surface area contributed by atoms with Crippen LogP contribution >= 0.6 is 46.4 Å². The van der Waals surface area contributed by atoms with E-state index in [1.165, 1.54) is 6.92 Å². The van der Waals surface area contributed by atoms with Crippen molar-refractivity contribution in [3.8, 4) is 0 Å². The molecule has 0 fully saturated rings. The standard InChI is InChI=1S/C19H18Cl2N2O2.C17H16Cl2N2O/c1-11-13-5-3-8-18(22-12(2)24)15(13)10-23(11)19(25)9-14-16(20)6-4-7-17(14)21;1-10-11-4-2-7-16(20)13(11)9-21(10)17(22)8-12-14(18)5-3-6-15(12)19/h3-8,11H,9-10H2,1-2H3,(H,22,24);2-7,10H,8-9,20H2,1H3. The largest absolute Gasteiger partial charge is 0.398 e. The van der Waals surface area contributed by atoms with Crippen molar-refractivity contribution < 1.29 is 14.4 Å². The maximum absolute atomic E-state index is 12.9. The van der Waals surface area contributed by atoms with Crippen molar-refractivity contribution in [2.75, 3.05) is 11.1 Å². The lowest BCUT2D eigenvalue weighted by atomic mass is 10.0. The Labute approximate surface area is 294 Å². The van der Waals surface area contributed by atoms with Crippen molar-refractivity contribution in [2.45, 2.75) is 58.8 Å². The number of fused-ring (bicyclic) bond motifs is 2. The van der Waals surface area contributed by atoms with Gasteiger partial charge < -0.3 is 20.9 Å². The summed E-state index contributed by atoms with van der Waals surface area (Å²) < 4.78 is 0. The molecule has 0 aromatic heterocycles. The van der Waals surface area contributed by atoms with Crippen LogP contribution in [0.5, 0.6) is 0 Å². The Morgan fingerprint density at radius 3 is 1.53 bits per heavy atom. The van der Waals surface area contributed by atoms with E-state index in [-0.39, 0.29) is 42.6 Å². The van der Waals surface area contributed by atoms with Crippen LogP contribution in [0.4, 0.5) is 11.4 Å². The maximum atomic E-state index is 12.9. The van der Waals surface area contributed by atoms with E-state index in [9.17, 15) is 14.4 Å². The molecule has 0 aliphatic carbocycles. The number of nitrogens with one attached hydrogen (secondary N) is 1. The van der Waals surface area contributed by atoms with Gasteiger partial charge in [-0.15, -0.1) is 0 Å². The minimum Gasteiger partial charge on any atom is -0.398 e. The van der Waals surface area contributed by atoms with Gasteiger partial charge in [0, 0.05) is 57.0 Å². The molecule has 0 bridgehead atoms. The predicted octanol–water partition coefficient (Wildman–Crippen LogP) is 8.82. The quantitative estimate of drug-likeness (QED) is 0.202. The Balaban J connectivity index is 0.000000186. The molecule has 7 nitrogen and oxygen atoms in total. The van der Waals surface area contributed by atoms with E-state index >= 15 is 0 Å². The Bertz CT molecular complexity index is 1820. The zero-order valence-corrected chi connectivity index (χ0v) is 29.1. The average Bonchev–Trinajstić information content (AvgIpc) is 3.55. The van der Waals surface area contributed by atoms with Crippen molar-refractivity contribution in [2.24, 2.45) is 0 Å². The number of nitrogen functional groups attached to an aromatic ring is 1. The topological polar surface area (TPSA) is 95.7 Å². The third-order valence-electron chi connectivity index (χ3n) is 8.68. The summed E-state index contributed by atoms with van der Waals surface area (Å²) in [6.07, 6.45) is 0.336. The van der Waals surface area contributed by atoms with Gasteiger partial charge >= 0.3 is 0 Å². The molecular weight excluding hydrogens is 678 g/mol. The molecule has 6 rings (SSSR count). The van der Waals surface area contributed by atoms with Crippen LogP contribution < -0.4 is 11.1 Å². The van der Waals surface area contributed by atoms with E-state index < -0.39 is 0 Å². The molecule has 2 aliphatic rings. The summed E-state index contributed by atoms with van der Waals surface area (Å²) in [6.45, 7) is 6.45. The first-order valence-electron chi connectivity index (χ1n) is 15.1. The van der Waals surface area contributed by atoms with Gasteiger partial charge in [-0.1, -0.05) is 82.8 Å². The molecule has 3 amide bonds. The first-order chi connectivity index (χ1) is 22.4. The summed E-state index contributed by atoms with van der Waals surface area (Å²) in [5.41, 5.74) is 13.0. The van der Waals surface area contributed by atoms with Crippen LogP contribution in [0.25, 0.3) is 0 Å². The highest BCUT2D eigenvalue weighted by atomic mass is 35.5. The number of nitrogens with zero attached hydrogens (tertiary/aromatic N) is 2. The molecule has 11 heteroatoms. The molecule has 0 saturated heterocycles. The summed E-state index contributed by atoms with van der Waals surface area (Å²) in [5.74, 6) is -0.181. The van der Waals surface area contributed by atoms with Crippen LogP contribution in [-0.2, 0) is 40.3 Å². The van der Waals surface area contributed by atoms with E-state index in [4.69, 9.17) is 52.1 Å². The Hall–Kier alpha value is -3.75. The van der Waals surface area contributed by atoms with E-state index in [0.29, 0.717) is 44.3 Å². The Kier molecular flexibility index (Phi) is 10.7.